The van der Waals surface area contributed by atoms with Gasteiger partial charge >= 0.3 is 125 Å². The third-order valence-electron chi connectivity index (χ3n) is 2.79. The molecule has 0 saturated carbocycles. The van der Waals surface area contributed by atoms with Gasteiger partial charge < -0.3 is 0 Å². The average Bonchev–Trinajstić information content (AvgIpc) is 2.45. The van der Waals surface area contributed by atoms with Crippen LogP contribution in [0.2, 0.25) is 0 Å². The van der Waals surface area contributed by atoms with Gasteiger partial charge in [0.05, 0.1) is 0 Å². The Morgan fingerprint density at radius 3 is 1.09 bits per heavy atom. The first-order chi connectivity index (χ1) is 10.1. The Morgan fingerprint density at radius 1 is 0.591 bits per heavy atom. The van der Waals surface area contributed by atoms with E-state index in [0.717, 1.165) is 48.5 Å². The molecule has 2 rings (SSSR count). The van der Waals surface area contributed by atoms with E-state index in [4.69, 9.17) is 0 Å². The topological polar surface area (TPSA) is 17.1 Å². The second-order valence-corrected chi connectivity index (χ2v) is 7.42. The van der Waals surface area contributed by atoms with Crippen LogP contribution in [0.25, 0.3) is 0 Å². The van der Waals surface area contributed by atoms with Crippen molar-refractivity contribution in [2.24, 2.45) is 0 Å². The van der Waals surface area contributed by atoms with Crippen LogP contribution in [0.3, 0.4) is 0 Å². The fourth-order valence-electron chi connectivity index (χ4n) is 1.67. The van der Waals surface area contributed by atoms with E-state index in [-0.39, 0.29) is 8.92 Å². The molecule has 22 heavy (non-hydrogen) atoms. The Balaban J connectivity index is 2.25. The van der Waals surface area contributed by atoms with E-state index in [2.05, 4.69) is 0 Å². The molecule has 0 spiro atoms. The van der Waals surface area contributed by atoms with E-state index in [9.17, 15) is 30.2 Å². The van der Waals surface area contributed by atoms with Crippen molar-refractivity contribution < 1.29 is 30.2 Å². The van der Waals surface area contributed by atoms with Gasteiger partial charge in [-0.25, -0.2) is 0 Å². The average molecular weight is 385 g/mol. The van der Waals surface area contributed by atoms with E-state index >= 15 is 0 Å². The molecule has 0 aromatic heterocycles. The van der Waals surface area contributed by atoms with Crippen molar-refractivity contribution in [3.63, 3.8) is 0 Å². The van der Waals surface area contributed by atoms with E-state index < -0.39 is 37.3 Å². The zero-order valence-electron chi connectivity index (χ0n) is 10.7. The van der Waals surface area contributed by atoms with Crippen LogP contribution in [-0.2, 0) is 16.2 Å². The molecule has 0 N–H and O–H groups in total. The predicted octanol–water partition coefficient (Wildman–Crippen LogP) is 3.26. The second kappa shape index (κ2) is 5.85. The van der Waals surface area contributed by atoms with Crippen molar-refractivity contribution in [2.45, 2.75) is 12.4 Å². The van der Waals surface area contributed by atoms with Crippen LogP contribution in [-0.4, -0.2) is 13.8 Å². The summed E-state index contributed by atoms with van der Waals surface area (Å²) in [6, 6.07) is 7.52. The van der Waals surface area contributed by atoms with Gasteiger partial charge in [-0.15, -0.1) is 0 Å². The summed E-state index contributed by atoms with van der Waals surface area (Å²) in [5, 5.41) is 0. The van der Waals surface area contributed by atoms with Crippen LogP contribution in [0, 0.1) is 0 Å². The maximum absolute atomic E-state index is 12.4. The first-order valence-electron chi connectivity index (χ1n) is 5.85. The zero-order chi connectivity index (χ0) is 16.5. The number of hydrogen-bond donors (Lipinski definition) is 0. The molecule has 0 heterocycles. The molecular formula is C14H8F6OSe. The third-order valence-corrected chi connectivity index (χ3v) is 5.73. The van der Waals surface area contributed by atoms with Gasteiger partial charge in [0.1, 0.15) is 0 Å². The summed E-state index contributed by atoms with van der Waals surface area (Å²) in [5.41, 5.74) is -1.75. The normalized spacial score (nSPS) is 12.7. The van der Waals surface area contributed by atoms with Crippen molar-refractivity contribution in [3.05, 3.63) is 59.7 Å². The number of halogens is 6. The molecule has 118 valence electrons. The van der Waals surface area contributed by atoms with Crippen molar-refractivity contribution in [3.8, 4) is 0 Å². The summed E-state index contributed by atoms with van der Waals surface area (Å²) in [6.07, 6.45) is -8.99. The van der Waals surface area contributed by atoms with Gasteiger partial charge in [-0.1, -0.05) is 0 Å². The fourth-order valence-corrected chi connectivity index (χ4v) is 3.85. The molecule has 0 saturated heterocycles. The molecule has 2 aromatic carbocycles. The van der Waals surface area contributed by atoms with E-state index in [1.165, 1.54) is 0 Å². The third kappa shape index (κ3) is 3.75. The molecule has 0 amide bonds. The Labute approximate surface area is 125 Å². The van der Waals surface area contributed by atoms with Crippen molar-refractivity contribution >= 4 is 22.8 Å². The molecule has 0 unspecified atom stereocenters. The van der Waals surface area contributed by atoms with E-state index in [0.29, 0.717) is 0 Å². The zero-order valence-corrected chi connectivity index (χ0v) is 12.4. The van der Waals surface area contributed by atoms with Gasteiger partial charge in [0.2, 0.25) is 0 Å². The molecule has 0 aliphatic carbocycles. The maximum atomic E-state index is 12.4. The van der Waals surface area contributed by atoms with Crippen LogP contribution in [0.5, 0.6) is 0 Å². The quantitative estimate of drug-likeness (QED) is 0.573. The minimum absolute atomic E-state index is 0.174. The van der Waals surface area contributed by atoms with Crippen LogP contribution in [0.1, 0.15) is 11.1 Å². The summed E-state index contributed by atoms with van der Waals surface area (Å²) in [4.78, 5) is 0. The number of alkyl halides is 6. The van der Waals surface area contributed by atoms with Crippen LogP contribution in [0.15, 0.2) is 48.5 Å². The van der Waals surface area contributed by atoms with Gasteiger partial charge in [0.25, 0.3) is 0 Å². The van der Waals surface area contributed by atoms with Crippen molar-refractivity contribution in [1.82, 2.24) is 0 Å². The first-order valence-corrected chi connectivity index (χ1v) is 8.26. The molecule has 2 aromatic rings. The summed E-state index contributed by atoms with van der Waals surface area (Å²) < 4.78 is 87.1. The van der Waals surface area contributed by atoms with Gasteiger partial charge in [0, 0.05) is 0 Å². The first kappa shape index (κ1) is 16.7. The molecule has 0 fully saturated rings. The molecular weight excluding hydrogens is 377 g/mol. The fraction of sp³-hybridized carbons (Fsp3) is 0.143. The molecule has 0 radical (unpaired) electrons. The monoisotopic (exact) mass is 386 g/mol. The molecule has 1 nitrogen and oxygen atoms in total. The molecule has 8 heteroatoms. The van der Waals surface area contributed by atoms with Crippen LogP contribution in [0.4, 0.5) is 26.3 Å². The molecule has 0 aliphatic heterocycles. The van der Waals surface area contributed by atoms with Crippen molar-refractivity contribution in [1.29, 1.82) is 0 Å². The van der Waals surface area contributed by atoms with Gasteiger partial charge in [-0.3, -0.25) is 0 Å². The number of rotatable bonds is 2. The van der Waals surface area contributed by atoms with Gasteiger partial charge in [0.15, 0.2) is 0 Å². The summed E-state index contributed by atoms with van der Waals surface area (Å²) in [5.74, 6) is 0. The predicted molar refractivity (Wildman–Crippen MR) is 68.6 cm³/mol. The number of hydrogen-bond acceptors (Lipinski definition) is 1. The van der Waals surface area contributed by atoms with Crippen LogP contribution >= 0.6 is 0 Å². The van der Waals surface area contributed by atoms with Gasteiger partial charge in [-0.2, -0.15) is 0 Å². The summed E-state index contributed by atoms with van der Waals surface area (Å²) >= 11 is -2.90. The molecule has 0 bridgehead atoms. The molecule has 0 aliphatic rings. The standard InChI is InChI=1S/C14H8F6OSe/c15-13(16,17)9-1-5-11(6-2-9)22(21)12-7-3-10(4-8-12)14(18,19)20/h1-8H. The number of benzene rings is 2. The Morgan fingerprint density at radius 2 is 0.864 bits per heavy atom. The summed E-state index contributed by atoms with van der Waals surface area (Å²) in [6.45, 7) is 0. The Kier molecular flexibility index (Phi) is 4.44. The van der Waals surface area contributed by atoms with Crippen LogP contribution < -0.4 is 8.92 Å². The Hall–Kier alpha value is -1.66. The van der Waals surface area contributed by atoms with E-state index in [1.54, 1.807) is 0 Å². The van der Waals surface area contributed by atoms with E-state index in [1.807, 2.05) is 0 Å². The summed E-state index contributed by atoms with van der Waals surface area (Å²) in [7, 11) is 0. The Bertz CT molecular complexity index is 611. The molecule has 0 atom stereocenters. The van der Waals surface area contributed by atoms with Crippen molar-refractivity contribution in [2.75, 3.05) is 0 Å². The van der Waals surface area contributed by atoms with Gasteiger partial charge in [-0.05, 0) is 0 Å². The second-order valence-electron chi connectivity index (χ2n) is 4.31. The SMILES string of the molecule is O=[Se](c1ccc(C(F)(F)F)cc1)c1ccc(C(F)(F)F)cc1. The minimum atomic E-state index is -4.49.